The van der Waals surface area contributed by atoms with Gasteiger partial charge in [0.25, 0.3) is 5.91 Å². The van der Waals surface area contributed by atoms with Crippen molar-refractivity contribution < 1.29 is 27.5 Å². The molecule has 0 saturated heterocycles. The van der Waals surface area contributed by atoms with Crippen molar-refractivity contribution in [1.82, 2.24) is 4.98 Å². The Hall–Kier alpha value is -2.43. The standard InChI is InChI=1S/C21H13Cl2F2N3O4.Na/c1-9(29)27-10-2-4-15-12(6-10)17-11(3-5-16(19(17)31-15)32-21(24)25)20(30)28-18-13(22)7-26-8-14(18)23;/h2-8,21H,1H3,(H,27,29)(H,26,28,30);. The molecule has 12 heteroatoms. The van der Waals surface area contributed by atoms with Crippen molar-refractivity contribution in [1.29, 1.82) is 0 Å². The summed E-state index contributed by atoms with van der Waals surface area (Å²) >= 11 is 12.2. The van der Waals surface area contributed by atoms with Gasteiger partial charge in [0.1, 0.15) is 5.58 Å². The number of nitrogens with one attached hydrogen (secondary N) is 2. The summed E-state index contributed by atoms with van der Waals surface area (Å²) in [6.45, 7) is -1.76. The van der Waals surface area contributed by atoms with Gasteiger partial charge in [0.05, 0.1) is 21.3 Å². The fourth-order valence-electron chi connectivity index (χ4n) is 3.23. The molecule has 0 unspecified atom stereocenters. The van der Waals surface area contributed by atoms with Gasteiger partial charge >= 0.3 is 6.61 Å². The van der Waals surface area contributed by atoms with Crippen molar-refractivity contribution in [3.63, 3.8) is 0 Å². The van der Waals surface area contributed by atoms with Crippen LogP contribution in [0.3, 0.4) is 0 Å². The Balaban J connectivity index is 0.00000306. The SMILES string of the molecule is CC(=O)Nc1ccc2oc3c(OC(F)F)ccc(C(=O)Nc4c(Cl)cncc4Cl)c3c2c1.[Na]. The van der Waals surface area contributed by atoms with E-state index in [4.69, 9.17) is 27.6 Å². The van der Waals surface area contributed by atoms with Gasteiger partial charge in [-0.15, -0.1) is 0 Å². The van der Waals surface area contributed by atoms with Crippen LogP contribution in [0.15, 0.2) is 47.1 Å². The molecule has 0 atom stereocenters. The smallest absolute Gasteiger partial charge is 0.387 e. The molecule has 0 bridgehead atoms. The van der Waals surface area contributed by atoms with Crippen molar-refractivity contribution in [2.24, 2.45) is 0 Å². The summed E-state index contributed by atoms with van der Waals surface area (Å²) < 4.78 is 36.1. The molecular formula is C21H13Cl2F2N3NaO4. The van der Waals surface area contributed by atoms with E-state index in [0.717, 1.165) is 0 Å². The van der Waals surface area contributed by atoms with Crippen LogP contribution in [-0.4, -0.2) is 53.0 Å². The summed E-state index contributed by atoms with van der Waals surface area (Å²) in [5, 5.41) is 6.08. The van der Waals surface area contributed by atoms with E-state index < -0.39 is 12.5 Å². The number of benzene rings is 2. The second-order valence-corrected chi connectivity index (χ2v) is 7.43. The van der Waals surface area contributed by atoms with Gasteiger partial charge in [-0.3, -0.25) is 14.6 Å². The summed E-state index contributed by atoms with van der Waals surface area (Å²) in [5.74, 6) is -1.18. The maximum absolute atomic E-state index is 13.1. The van der Waals surface area contributed by atoms with E-state index in [0.29, 0.717) is 16.7 Å². The van der Waals surface area contributed by atoms with Gasteiger partial charge < -0.3 is 19.8 Å². The van der Waals surface area contributed by atoms with Crippen LogP contribution in [0.4, 0.5) is 20.2 Å². The quantitative estimate of drug-likeness (QED) is 0.340. The predicted molar refractivity (Wildman–Crippen MR) is 123 cm³/mol. The van der Waals surface area contributed by atoms with Crippen LogP contribution in [-0.2, 0) is 4.79 Å². The molecule has 2 aromatic carbocycles. The Morgan fingerprint density at radius 1 is 1.09 bits per heavy atom. The van der Waals surface area contributed by atoms with Crippen LogP contribution in [0.1, 0.15) is 17.3 Å². The van der Waals surface area contributed by atoms with E-state index >= 15 is 0 Å². The van der Waals surface area contributed by atoms with E-state index in [2.05, 4.69) is 20.4 Å². The van der Waals surface area contributed by atoms with Crippen LogP contribution in [0, 0.1) is 0 Å². The number of carbonyl (C=O) groups excluding carboxylic acids is 2. The summed E-state index contributed by atoms with van der Waals surface area (Å²) in [4.78, 5) is 28.4. The number of ether oxygens (including phenoxy) is 1. The number of furan rings is 1. The van der Waals surface area contributed by atoms with Gasteiger partial charge in [-0.25, -0.2) is 0 Å². The van der Waals surface area contributed by atoms with Gasteiger partial charge in [0.15, 0.2) is 11.3 Å². The molecule has 0 spiro atoms. The number of anilines is 2. The normalized spacial score (nSPS) is 10.8. The Bertz CT molecular complexity index is 1360. The number of amides is 2. The average molecular weight is 503 g/mol. The van der Waals surface area contributed by atoms with E-state index in [-0.39, 0.29) is 73.5 Å². The summed E-state index contributed by atoms with van der Waals surface area (Å²) in [6.07, 6.45) is 2.62. The Morgan fingerprint density at radius 3 is 2.42 bits per heavy atom. The second-order valence-electron chi connectivity index (χ2n) is 6.62. The van der Waals surface area contributed by atoms with Crippen molar-refractivity contribution in [3.05, 3.63) is 58.3 Å². The first kappa shape index (κ1) is 25.2. The van der Waals surface area contributed by atoms with Gasteiger partial charge in [0.2, 0.25) is 5.91 Å². The molecule has 2 aromatic heterocycles. The molecule has 4 rings (SSSR count). The molecule has 7 nitrogen and oxygen atoms in total. The maximum atomic E-state index is 13.1. The third-order valence-corrected chi connectivity index (χ3v) is 5.03. The molecule has 2 heterocycles. The van der Waals surface area contributed by atoms with E-state index in [1.54, 1.807) is 18.2 Å². The summed E-state index contributed by atoms with van der Waals surface area (Å²) in [5.41, 5.74) is 0.901. The molecule has 33 heavy (non-hydrogen) atoms. The van der Waals surface area contributed by atoms with Gasteiger partial charge in [-0.05, 0) is 30.3 Å². The number of nitrogens with zero attached hydrogens (tertiary/aromatic N) is 1. The average Bonchev–Trinajstić information content (AvgIpc) is 3.09. The number of carbonyl (C=O) groups is 2. The van der Waals surface area contributed by atoms with Crippen LogP contribution < -0.4 is 15.4 Å². The third-order valence-electron chi connectivity index (χ3n) is 4.46. The largest absolute Gasteiger partial charge is 0.452 e. The predicted octanol–water partition coefficient (Wildman–Crippen LogP) is 5.72. The van der Waals surface area contributed by atoms with Crippen LogP contribution in [0.5, 0.6) is 5.75 Å². The Kier molecular flexibility index (Phi) is 7.81. The molecule has 0 fully saturated rings. The van der Waals surface area contributed by atoms with Crippen molar-refractivity contribution in [2.75, 3.05) is 10.6 Å². The monoisotopic (exact) mass is 502 g/mol. The van der Waals surface area contributed by atoms with Crippen molar-refractivity contribution >= 4 is 97.9 Å². The van der Waals surface area contributed by atoms with Crippen molar-refractivity contribution in [2.45, 2.75) is 13.5 Å². The fourth-order valence-corrected chi connectivity index (χ4v) is 3.69. The van der Waals surface area contributed by atoms with Crippen molar-refractivity contribution in [3.8, 4) is 5.75 Å². The zero-order chi connectivity index (χ0) is 23.0. The van der Waals surface area contributed by atoms with Gasteiger partial charge in [0, 0.05) is 65.3 Å². The molecule has 0 aliphatic carbocycles. The minimum Gasteiger partial charge on any atom is -0.452 e. The number of aromatic nitrogens is 1. The first-order chi connectivity index (χ1) is 15.2. The number of hydrogen-bond acceptors (Lipinski definition) is 5. The first-order valence-electron chi connectivity index (χ1n) is 9.06. The van der Waals surface area contributed by atoms with E-state index in [9.17, 15) is 18.4 Å². The molecule has 0 aliphatic heterocycles. The summed E-state index contributed by atoms with van der Waals surface area (Å²) in [6, 6.07) is 7.22. The van der Waals surface area contributed by atoms with E-state index in [1.165, 1.54) is 31.5 Å². The number of rotatable bonds is 5. The minimum atomic E-state index is -3.10. The van der Waals surface area contributed by atoms with Crippen LogP contribution >= 0.6 is 23.2 Å². The molecule has 0 aliphatic rings. The number of hydrogen-bond donors (Lipinski definition) is 2. The third kappa shape index (κ3) is 5.23. The number of pyridine rings is 1. The van der Waals surface area contributed by atoms with Crippen LogP contribution in [0.25, 0.3) is 21.9 Å². The molecule has 4 aromatic rings. The maximum Gasteiger partial charge on any atom is 0.387 e. The molecular weight excluding hydrogens is 490 g/mol. The van der Waals surface area contributed by atoms with E-state index in [1.807, 2.05) is 0 Å². The fraction of sp³-hybridized carbons (Fsp3) is 0.0952. The zero-order valence-corrected chi connectivity index (χ0v) is 20.7. The first-order valence-corrected chi connectivity index (χ1v) is 9.82. The minimum absolute atomic E-state index is 0. The van der Waals surface area contributed by atoms with Crippen LogP contribution in [0.2, 0.25) is 10.0 Å². The molecule has 165 valence electrons. The number of alkyl halides is 2. The second kappa shape index (κ2) is 10.2. The van der Waals surface area contributed by atoms with Gasteiger partial charge in [-0.2, -0.15) is 8.78 Å². The van der Waals surface area contributed by atoms with Gasteiger partial charge in [-0.1, -0.05) is 23.2 Å². The zero-order valence-electron chi connectivity index (χ0n) is 17.2. The molecule has 2 amide bonds. The molecule has 2 N–H and O–H groups in total. The Labute approximate surface area is 217 Å². The molecule has 0 saturated carbocycles. The number of fused-ring (bicyclic) bond motifs is 3. The topological polar surface area (TPSA) is 93.5 Å². The number of halogens is 4. The summed E-state index contributed by atoms with van der Waals surface area (Å²) in [7, 11) is 0. The molecule has 1 radical (unpaired) electrons. The Morgan fingerprint density at radius 2 is 1.79 bits per heavy atom.